The van der Waals surface area contributed by atoms with Crippen LogP contribution in [0.2, 0.25) is 0 Å². The minimum atomic E-state index is -1.13. The van der Waals surface area contributed by atoms with E-state index in [2.05, 4.69) is 18.5 Å². The summed E-state index contributed by atoms with van der Waals surface area (Å²) in [5.41, 5.74) is 9.12. The maximum absolute atomic E-state index is 12.8. The lowest BCUT2D eigenvalue weighted by atomic mass is 9.87. The molecule has 0 spiro atoms. The minimum absolute atomic E-state index is 0.0651. The molecule has 2 aliphatic rings. The molecule has 7 nitrogen and oxygen atoms in total. The second-order valence-corrected chi connectivity index (χ2v) is 10.1. The summed E-state index contributed by atoms with van der Waals surface area (Å²) >= 11 is 0. The second kappa shape index (κ2) is 8.03. The zero-order valence-corrected chi connectivity index (χ0v) is 20.4. The van der Waals surface area contributed by atoms with Crippen LogP contribution >= 0.6 is 0 Å². The largest absolute Gasteiger partial charge is 0.382 e. The Hall–Kier alpha value is -3.97. The van der Waals surface area contributed by atoms with Crippen LogP contribution in [-0.4, -0.2) is 36.3 Å². The summed E-state index contributed by atoms with van der Waals surface area (Å²) in [6, 6.07) is 17.4. The third kappa shape index (κ3) is 3.27. The van der Waals surface area contributed by atoms with Gasteiger partial charge in [-0.3, -0.25) is 9.20 Å². The molecule has 1 aliphatic heterocycles. The number of imidazole rings is 1. The highest BCUT2D eigenvalue weighted by Crippen LogP contribution is 2.57. The van der Waals surface area contributed by atoms with Crippen LogP contribution in [0.5, 0.6) is 0 Å². The first-order chi connectivity index (χ1) is 17.3. The zero-order valence-electron chi connectivity index (χ0n) is 20.4. The molecule has 1 saturated carbocycles. The van der Waals surface area contributed by atoms with E-state index in [0.29, 0.717) is 22.9 Å². The van der Waals surface area contributed by atoms with Gasteiger partial charge in [0.25, 0.3) is 0 Å². The minimum Gasteiger partial charge on any atom is -0.382 e. The maximum atomic E-state index is 12.8. The molecule has 2 aromatic carbocycles. The molecule has 1 saturated heterocycles. The maximum Gasteiger partial charge on any atom is 0.246 e. The summed E-state index contributed by atoms with van der Waals surface area (Å²) in [5, 5.41) is 11.2. The van der Waals surface area contributed by atoms with Gasteiger partial charge < -0.3 is 15.7 Å². The average Bonchev–Trinajstić information content (AvgIpc) is 3.51. The molecule has 2 unspecified atom stereocenters. The van der Waals surface area contributed by atoms with E-state index in [9.17, 15) is 9.90 Å². The number of nitrogens with zero attached hydrogens (tertiary/aromatic N) is 4. The van der Waals surface area contributed by atoms with Crippen molar-refractivity contribution in [3.63, 3.8) is 0 Å². The van der Waals surface area contributed by atoms with Gasteiger partial charge in [0.05, 0.1) is 6.04 Å². The zero-order chi connectivity index (χ0) is 25.2. The van der Waals surface area contributed by atoms with Gasteiger partial charge in [0.1, 0.15) is 28.5 Å². The van der Waals surface area contributed by atoms with Gasteiger partial charge in [0, 0.05) is 24.0 Å². The molecule has 3 heterocycles. The number of piperidine rings is 1. The van der Waals surface area contributed by atoms with Crippen LogP contribution in [0, 0.1) is 11.8 Å². The molecule has 5 atom stereocenters. The monoisotopic (exact) mass is 479 g/mol. The first-order valence-electron chi connectivity index (χ1n) is 12.3. The number of amides is 1. The van der Waals surface area contributed by atoms with Crippen molar-refractivity contribution in [3.05, 3.63) is 96.6 Å². The predicted molar refractivity (Wildman–Crippen MR) is 139 cm³/mol. The summed E-state index contributed by atoms with van der Waals surface area (Å²) in [6.07, 6.45) is 5.95. The number of rotatable bonds is 5. The molecule has 182 valence electrons. The number of anilines is 1. The number of carbonyl (C=O) groups is 1. The molecule has 7 heteroatoms. The van der Waals surface area contributed by atoms with E-state index in [-0.39, 0.29) is 23.9 Å². The summed E-state index contributed by atoms with van der Waals surface area (Å²) < 4.78 is 1.97. The topological polar surface area (TPSA) is 96.8 Å². The highest BCUT2D eigenvalue weighted by molar-refractivity contribution is 5.89. The Kier molecular flexibility index (Phi) is 5.02. The van der Waals surface area contributed by atoms with E-state index in [4.69, 9.17) is 10.7 Å². The van der Waals surface area contributed by atoms with Crippen molar-refractivity contribution < 1.29 is 9.90 Å². The van der Waals surface area contributed by atoms with Crippen molar-refractivity contribution in [3.8, 4) is 11.3 Å². The third-order valence-corrected chi connectivity index (χ3v) is 8.00. The molecule has 2 aromatic heterocycles. The van der Waals surface area contributed by atoms with Gasteiger partial charge in [-0.2, -0.15) is 0 Å². The number of hydrogen-bond donors (Lipinski definition) is 2. The van der Waals surface area contributed by atoms with Crippen molar-refractivity contribution in [1.82, 2.24) is 19.3 Å². The van der Waals surface area contributed by atoms with Crippen LogP contribution in [0.25, 0.3) is 16.8 Å². The Morgan fingerprint density at radius 3 is 2.56 bits per heavy atom. The van der Waals surface area contributed by atoms with Gasteiger partial charge in [-0.1, -0.05) is 68.1 Å². The van der Waals surface area contributed by atoms with Gasteiger partial charge in [-0.05, 0) is 42.4 Å². The summed E-state index contributed by atoms with van der Waals surface area (Å²) in [7, 11) is 0. The molecule has 0 bridgehead atoms. The lowest BCUT2D eigenvalue weighted by molar-refractivity contribution is -0.128. The van der Waals surface area contributed by atoms with Crippen LogP contribution < -0.4 is 5.73 Å². The van der Waals surface area contributed by atoms with Crippen LogP contribution in [0.1, 0.15) is 43.3 Å². The fourth-order valence-corrected chi connectivity index (χ4v) is 5.92. The normalized spacial score (nSPS) is 24.4. The van der Waals surface area contributed by atoms with Crippen LogP contribution in [-0.2, 0) is 10.4 Å². The quantitative estimate of drug-likeness (QED) is 0.416. The Balaban J connectivity index is 1.45. The van der Waals surface area contributed by atoms with Crippen LogP contribution in [0.15, 0.2) is 79.6 Å². The van der Waals surface area contributed by atoms with Crippen molar-refractivity contribution in [1.29, 1.82) is 0 Å². The highest BCUT2D eigenvalue weighted by Gasteiger charge is 2.59. The van der Waals surface area contributed by atoms with Gasteiger partial charge in [-0.25, -0.2) is 9.97 Å². The molecular weight excluding hydrogens is 450 g/mol. The molecule has 36 heavy (non-hydrogen) atoms. The lowest BCUT2D eigenvalue weighted by Crippen LogP contribution is -2.35. The number of aromatic nitrogens is 3. The molecule has 4 aromatic rings. The summed E-state index contributed by atoms with van der Waals surface area (Å²) in [4.78, 5) is 24.2. The Bertz CT molecular complexity index is 1480. The van der Waals surface area contributed by atoms with Gasteiger partial charge >= 0.3 is 0 Å². The Morgan fingerprint density at radius 2 is 1.86 bits per heavy atom. The third-order valence-electron chi connectivity index (χ3n) is 8.00. The van der Waals surface area contributed by atoms with Gasteiger partial charge in [-0.15, -0.1) is 0 Å². The first kappa shape index (κ1) is 22.5. The van der Waals surface area contributed by atoms with Gasteiger partial charge in [0.15, 0.2) is 0 Å². The molecule has 1 aliphatic carbocycles. The molecule has 2 fully saturated rings. The smallest absolute Gasteiger partial charge is 0.246 e. The number of likely N-dealkylation sites (tertiary alicyclic amines) is 1. The van der Waals surface area contributed by atoms with E-state index >= 15 is 0 Å². The van der Waals surface area contributed by atoms with Crippen molar-refractivity contribution in [2.24, 2.45) is 11.8 Å². The first-order valence-corrected chi connectivity index (χ1v) is 12.3. The summed E-state index contributed by atoms with van der Waals surface area (Å²) in [6.45, 7) is 7.71. The number of fused-ring (bicyclic) bond motifs is 2. The number of hydrogen-bond acceptors (Lipinski definition) is 5. The van der Waals surface area contributed by atoms with E-state index in [1.54, 1.807) is 13.1 Å². The average molecular weight is 480 g/mol. The summed E-state index contributed by atoms with van der Waals surface area (Å²) in [5.74, 6) is 1.85. The number of nitrogens with two attached hydrogens (primary N) is 1. The molecule has 6 rings (SSSR count). The van der Waals surface area contributed by atoms with Crippen LogP contribution in [0.4, 0.5) is 5.82 Å². The van der Waals surface area contributed by atoms with Crippen LogP contribution in [0.3, 0.4) is 0 Å². The van der Waals surface area contributed by atoms with E-state index in [1.807, 2.05) is 70.1 Å². The van der Waals surface area contributed by atoms with Crippen molar-refractivity contribution in [2.75, 3.05) is 5.73 Å². The SMILES string of the molecule is C=CC(=O)N1[C@@H]2CC2[C@@H](C)[C@H]1c1nc(-c2ccc(C(C)(O)c3ccccc3)cc2)c2c(N)nccn12. The fourth-order valence-electron chi connectivity index (χ4n) is 5.92. The number of aliphatic hydroxyl groups is 1. The van der Waals surface area contributed by atoms with Crippen molar-refractivity contribution in [2.45, 2.75) is 38.0 Å². The number of nitrogen functional groups attached to an aromatic ring is 1. The Labute approximate surface area is 209 Å². The van der Waals surface area contributed by atoms with E-state index in [0.717, 1.165) is 28.9 Å². The molecule has 0 radical (unpaired) electrons. The number of benzene rings is 2. The highest BCUT2D eigenvalue weighted by atomic mass is 16.3. The second-order valence-electron chi connectivity index (χ2n) is 10.1. The molecular formula is C29H29N5O2. The fraction of sp³-hybridized carbons (Fsp3) is 0.276. The predicted octanol–water partition coefficient (Wildman–Crippen LogP) is 4.33. The molecule has 1 amide bonds. The van der Waals surface area contributed by atoms with E-state index < -0.39 is 5.60 Å². The Morgan fingerprint density at radius 1 is 1.17 bits per heavy atom. The van der Waals surface area contributed by atoms with Gasteiger partial charge in [0.2, 0.25) is 5.91 Å². The standard InChI is InChI=1S/C29H29N5O2/c1-4-23(35)34-22-16-21(22)17(2)25(34)28-32-24(26-27(30)31-14-15-33(26)28)18-10-12-20(13-11-18)29(3,36)19-8-6-5-7-9-19/h4-15,17,21-22,25,36H,1,16H2,2-3H3,(H2,30,31)/t17-,21?,22-,25+,29?/m1/s1. The number of carbonyl (C=O) groups excluding carboxylic acids is 1. The molecule has 3 N–H and O–H groups in total. The van der Waals surface area contributed by atoms with E-state index in [1.165, 1.54) is 6.08 Å². The van der Waals surface area contributed by atoms with Crippen molar-refractivity contribution >= 4 is 17.2 Å². The lowest BCUT2D eigenvalue weighted by Gasteiger charge is -2.28.